The number of rotatable bonds is 4. The molecule has 3 rings (SSSR count). The van der Waals surface area contributed by atoms with Crippen molar-refractivity contribution in [1.29, 1.82) is 0 Å². The van der Waals surface area contributed by atoms with Gasteiger partial charge in [0, 0.05) is 12.6 Å². The summed E-state index contributed by atoms with van der Waals surface area (Å²) in [7, 11) is 1.77. The lowest BCUT2D eigenvalue weighted by atomic mass is 10.1. The number of fused-ring (bicyclic) bond motifs is 1. The molecule has 0 fully saturated rings. The highest BCUT2D eigenvalue weighted by atomic mass is 16.1. The molecule has 2 aromatic heterocycles. The van der Waals surface area contributed by atoms with Crippen LogP contribution < -0.4 is 5.32 Å². The second-order valence-corrected chi connectivity index (χ2v) is 4.31. The van der Waals surface area contributed by atoms with Gasteiger partial charge in [-0.1, -0.05) is 30.3 Å². The summed E-state index contributed by atoms with van der Waals surface area (Å²) in [5, 5.41) is 2.96. The van der Waals surface area contributed by atoms with Gasteiger partial charge in [0.05, 0.1) is 12.9 Å². The third kappa shape index (κ3) is 2.11. The van der Waals surface area contributed by atoms with Gasteiger partial charge >= 0.3 is 0 Å². The number of nitrogens with zero attached hydrogens (tertiary/aromatic N) is 4. The molecule has 1 aromatic carbocycles. The Labute approximate surface area is 115 Å². The number of nitrogens with one attached hydrogen (secondary N) is 1. The number of anilines is 1. The second kappa shape index (κ2) is 5.08. The fourth-order valence-electron chi connectivity index (χ4n) is 2.05. The molecule has 0 saturated carbocycles. The summed E-state index contributed by atoms with van der Waals surface area (Å²) >= 11 is 0. The molecule has 0 spiro atoms. The minimum atomic E-state index is 0.0227. The largest absolute Gasteiger partial charge is 0.371 e. The predicted octanol–water partition coefficient (Wildman–Crippen LogP) is 1.75. The van der Waals surface area contributed by atoms with Crippen LogP contribution in [0, 0.1) is 0 Å². The van der Waals surface area contributed by atoms with E-state index in [4.69, 9.17) is 0 Å². The Morgan fingerprint density at radius 2 is 2.00 bits per heavy atom. The van der Waals surface area contributed by atoms with Gasteiger partial charge in [0.25, 0.3) is 0 Å². The topological polar surface area (TPSA) is 72.7 Å². The first-order valence-corrected chi connectivity index (χ1v) is 6.21. The van der Waals surface area contributed by atoms with Gasteiger partial charge in [0.2, 0.25) is 0 Å². The van der Waals surface area contributed by atoms with Crippen molar-refractivity contribution in [3.05, 3.63) is 48.5 Å². The van der Waals surface area contributed by atoms with Crippen LogP contribution in [0.25, 0.3) is 11.2 Å². The summed E-state index contributed by atoms with van der Waals surface area (Å²) in [6, 6.07) is 9.18. The molecule has 0 bridgehead atoms. The number of aromatic nitrogens is 4. The Balaban J connectivity index is 1.94. The molecule has 0 atom stereocenters. The number of carbonyl (C=O) groups excluding carboxylic acids is 1. The lowest BCUT2D eigenvalue weighted by Gasteiger charge is -2.04. The fraction of sp³-hybridized carbons (Fsp3) is 0.143. The Hall–Kier alpha value is -2.76. The minimum Gasteiger partial charge on any atom is -0.371 e. The van der Waals surface area contributed by atoms with E-state index >= 15 is 0 Å². The van der Waals surface area contributed by atoms with Crippen LogP contribution >= 0.6 is 0 Å². The zero-order valence-electron chi connectivity index (χ0n) is 10.9. The van der Waals surface area contributed by atoms with Crippen LogP contribution in [-0.4, -0.2) is 32.3 Å². The van der Waals surface area contributed by atoms with E-state index in [1.54, 1.807) is 30.1 Å². The summed E-state index contributed by atoms with van der Waals surface area (Å²) in [4.78, 5) is 24.7. The van der Waals surface area contributed by atoms with E-state index in [-0.39, 0.29) is 12.3 Å². The number of carbonyl (C=O) groups is 1. The summed E-state index contributed by atoms with van der Waals surface area (Å²) < 4.78 is 1.73. The highest BCUT2D eigenvalue weighted by Crippen LogP contribution is 2.17. The van der Waals surface area contributed by atoms with Crippen molar-refractivity contribution in [3.8, 4) is 0 Å². The number of Topliss-reactive ketones (excluding diaryl/α,β-unsaturated/α-hetero) is 1. The molecule has 20 heavy (non-hydrogen) atoms. The number of hydrogen-bond acceptors (Lipinski definition) is 5. The zero-order chi connectivity index (χ0) is 13.9. The number of hydrogen-bond donors (Lipinski definition) is 1. The maximum absolute atomic E-state index is 12.2. The third-order valence-electron chi connectivity index (χ3n) is 3.05. The summed E-state index contributed by atoms with van der Waals surface area (Å²) in [6.45, 7) is 0.209. The van der Waals surface area contributed by atoms with Gasteiger partial charge in [0.15, 0.2) is 17.2 Å². The van der Waals surface area contributed by atoms with Gasteiger partial charge in [-0.3, -0.25) is 4.79 Å². The van der Waals surface area contributed by atoms with E-state index in [9.17, 15) is 4.79 Å². The highest BCUT2D eigenvalue weighted by molar-refractivity contribution is 5.96. The lowest BCUT2D eigenvalue weighted by molar-refractivity contribution is 0.0973. The van der Waals surface area contributed by atoms with Crippen molar-refractivity contribution in [1.82, 2.24) is 19.5 Å². The normalized spacial score (nSPS) is 10.7. The van der Waals surface area contributed by atoms with Crippen molar-refractivity contribution in [2.24, 2.45) is 0 Å². The summed E-state index contributed by atoms with van der Waals surface area (Å²) in [5.74, 6) is 0.676. The monoisotopic (exact) mass is 267 g/mol. The van der Waals surface area contributed by atoms with Crippen LogP contribution in [0.15, 0.2) is 43.0 Å². The third-order valence-corrected chi connectivity index (χ3v) is 3.05. The SMILES string of the molecule is CNc1ncnc2c1ncn2CC(=O)c1ccccc1. The highest BCUT2D eigenvalue weighted by Gasteiger charge is 2.12. The van der Waals surface area contributed by atoms with Crippen LogP contribution in [0.1, 0.15) is 10.4 Å². The zero-order valence-corrected chi connectivity index (χ0v) is 10.9. The quantitative estimate of drug-likeness (QED) is 0.729. The smallest absolute Gasteiger partial charge is 0.182 e. The Bertz CT molecular complexity index is 751. The van der Waals surface area contributed by atoms with Gasteiger partial charge in [-0.25, -0.2) is 15.0 Å². The lowest BCUT2D eigenvalue weighted by Crippen LogP contribution is -2.10. The van der Waals surface area contributed by atoms with E-state index in [1.165, 1.54) is 6.33 Å². The first kappa shape index (κ1) is 12.3. The molecule has 3 aromatic rings. The first-order chi connectivity index (χ1) is 9.79. The summed E-state index contributed by atoms with van der Waals surface area (Å²) in [6.07, 6.45) is 3.07. The maximum Gasteiger partial charge on any atom is 0.182 e. The fourth-order valence-corrected chi connectivity index (χ4v) is 2.05. The molecule has 6 nitrogen and oxygen atoms in total. The van der Waals surface area contributed by atoms with Crippen molar-refractivity contribution >= 4 is 22.8 Å². The van der Waals surface area contributed by atoms with E-state index in [0.717, 1.165) is 0 Å². The van der Waals surface area contributed by atoms with Gasteiger partial charge < -0.3 is 9.88 Å². The van der Waals surface area contributed by atoms with Crippen LogP contribution in [0.4, 0.5) is 5.82 Å². The molecule has 0 amide bonds. The van der Waals surface area contributed by atoms with Crippen molar-refractivity contribution < 1.29 is 4.79 Å². The van der Waals surface area contributed by atoms with Gasteiger partial charge in [-0.05, 0) is 0 Å². The average molecular weight is 267 g/mol. The Morgan fingerprint density at radius 3 is 2.75 bits per heavy atom. The Morgan fingerprint density at radius 1 is 1.20 bits per heavy atom. The van der Waals surface area contributed by atoms with Gasteiger partial charge in [-0.2, -0.15) is 0 Å². The molecule has 0 unspecified atom stereocenters. The molecule has 6 heteroatoms. The van der Waals surface area contributed by atoms with Crippen LogP contribution in [0.2, 0.25) is 0 Å². The van der Waals surface area contributed by atoms with E-state index < -0.39 is 0 Å². The average Bonchev–Trinajstić information content (AvgIpc) is 2.91. The Kier molecular flexibility index (Phi) is 3.12. The predicted molar refractivity (Wildman–Crippen MR) is 75.6 cm³/mol. The van der Waals surface area contributed by atoms with E-state index in [1.807, 2.05) is 18.2 Å². The number of benzene rings is 1. The molecule has 0 saturated heterocycles. The second-order valence-electron chi connectivity index (χ2n) is 4.31. The molecule has 0 radical (unpaired) electrons. The molecule has 0 aliphatic rings. The minimum absolute atomic E-state index is 0.0227. The van der Waals surface area contributed by atoms with E-state index in [2.05, 4.69) is 20.3 Å². The standard InChI is InChI=1S/C14H13N5O/c1-15-13-12-14(17-8-16-13)19(9-18-12)7-11(20)10-5-3-2-4-6-10/h2-6,8-9H,7H2,1H3,(H,15,16,17). The molecular formula is C14H13N5O. The van der Waals surface area contributed by atoms with Crippen LogP contribution in [0.5, 0.6) is 0 Å². The molecule has 1 N–H and O–H groups in total. The molecule has 0 aliphatic heterocycles. The molecular weight excluding hydrogens is 254 g/mol. The number of ketones is 1. The van der Waals surface area contributed by atoms with Crippen molar-refractivity contribution in [2.45, 2.75) is 6.54 Å². The molecule has 2 heterocycles. The van der Waals surface area contributed by atoms with Crippen molar-refractivity contribution in [3.63, 3.8) is 0 Å². The van der Waals surface area contributed by atoms with E-state index in [0.29, 0.717) is 22.5 Å². The molecule has 100 valence electrons. The molecule has 0 aliphatic carbocycles. The van der Waals surface area contributed by atoms with Gasteiger partial charge in [0.1, 0.15) is 11.8 Å². The van der Waals surface area contributed by atoms with Crippen LogP contribution in [-0.2, 0) is 6.54 Å². The van der Waals surface area contributed by atoms with Crippen molar-refractivity contribution in [2.75, 3.05) is 12.4 Å². The van der Waals surface area contributed by atoms with Crippen LogP contribution in [0.3, 0.4) is 0 Å². The first-order valence-electron chi connectivity index (χ1n) is 6.21. The number of imidazole rings is 1. The summed E-state index contributed by atoms with van der Waals surface area (Å²) in [5.41, 5.74) is 1.99. The van der Waals surface area contributed by atoms with Gasteiger partial charge in [-0.15, -0.1) is 0 Å². The maximum atomic E-state index is 12.2.